The largest absolute Gasteiger partial charge is 0.343 e. The molecule has 2 N–H and O–H groups in total. The summed E-state index contributed by atoms with van der Waals surface area (Å²) in [5, 5.41) is 0.724. The molecule has 0 heterocycles. The highest BCUT2D eigenvalue weighted by Crippen LogP contribution is 2.33. The molecule has 2 rings (SSSR count). The summed E-state index contributed by atoms with van der Waals surface area (Å²) in [6, 6.07) is 12.5. The molecule has 3 heteroatoms. The third-order valence-corrected chi connectivity index (χ3v) is 3.76. The van der Waals surface area contributed by atoms with Crippen molar-refractivity contribution in [3.8, 4) is 0 Å². The first-order chi connectivity index (χ1) is 9.38. The van der Waals surface area contributed by atoms with E-state index < -0.39 is 0 Å². The van der Waals surface area contributed by atoms with Gasteiger partial charge in [0.2, 0.25) is 0 Å². The van der Waals surface area contributed by atoms with E-state index in [2.05, 4.69) is 36.9 Å². The maximum atomic E-state index is 6.40. The molecule has 0 saturated heterocycles. The third kappa shape index (κ3) is 3.14. The molecule has 0 saturated carbocycles. The van der Waals surface area contributed by atoms with Crippen LogP contribution in [0, 0.1) is 13.8 Å². The molecule has 106 valence electrons. The van der Waals surface area contributed by atoms with Crippen molar-refractivity contribution < 1.29 is 0 Å². The molecule has 0 fully saturated rings. The Morgan fingerprint density at radius 1 is 1.05 bits per heavy atom. The molecular weight excluding hydrogens is 268 g/mol. The molecule has 2 aromatic rings. The van der Waals surface area contributed by atoms with Gasteiger partial charge in [0.05, 0.1) is 10.7 Å². The second-order valence-electron chi connectivity index (χ2n) is 5.40. The first kappa shape index (κ1) is 14.9. The highest BCUT2D eigenvalue weighted by molar-refractivity contribution is 6.33. The van der Waals surface area contributed by atoms with Gasteiger partial charge < -0.3 is 10.6 Å². The van der Waals surface area contributed by atoms with Crippen LogP contribution in [-0.2, 0) is 0 Å². The third-order valence-electron chi connectivity index (χ3n) is 3.45. The molecule has 0 radical (unpaired) electrons. The van der Waals surface area contributed by atoms with Gasteiger partial charge in [-0.25, -0.2) is 0 Å². The predicted molar refractivity (Wildman–Crippen MR) is 88.0 cm³/mol. The van der Waals surface area contributed by atoms with Crippen LogP contribution >= 0.6 is 11.6 Å². The second kappa shape index (κ2) is 5.86. The average molecular weight is 289 g/mol. The van der Waals surface area contributed by atoms with Gasteiger partial charge >= 0.3 is 0 Å². The van der Waals surface area contributed by atoms with E-state index >= 15 is 0 Å². The van der Waals surface area contributed by atoms with Crippen LogP contribution < -0.4 is 10.6 Å². The Kier molecular flexibility index (Phi) is 4.36. The lowest BCUT2D eigenvalue weighted by atomic mass is 10.1. The molecule has 0 aliphatic heterocycles. The van der Waals surface area contributed by atoms with Crippen LogP contribution in [0.25, 0.3) is 0 Å². The summed E-state index contributed by atoms with van der Waals surface area (Å²) in [5.41, 5.74) is 11.6. The van der Waals surface area contributed by atoms with Crippen LogP contribution in [0.15, 0.2) is 36.4 Å². The smallest absolute Gasteiger partial charge is 0.0646 e. The molecule has 0 aromatic heterocycles. The number of halogens is 1. The summed E-state index contributed by atoms with van der Waals surface area (Å²) in [6.07, 6.45) is 0. The molecule has 0 unspecified atom stereocenters. The van der Waals surface area contributed by atoms with Crippen molar-refractivity contribution in [2.45, 2.75) is 26.8 Å². The van der Waals surface area contributed by atoms with E-state index in [9.17, 15) is 0 Å². The lowest BCUT2D eigenvalue weighted by Gasteiger charge is -2.22. The minimum absolute atomic E-state index is 0.00642. The van der Waals surface area contributed by atoms with Crippen LogP contribution in [-0.4, -0.2) is 7.05 Å². The van der Waals surface area contributed by atoms with Crippen molar-refractivity contribution in [3.63, 3.8) is 0 Å². The van der Waals surface area contributed by atoms with Crippen LogP contribution in [0.5, 0.6) is 0 Å². The Hall–Kier alpha value is -1.51. The van der Waals surface area contributed by atoms with Crippen molar-refractivity contribution in [1.29, 1.82) is 0 Å². The molecule has 2 nitrogen and oxygen atoms in total. The summed E-state index contributed by atoms with van der Waals surface area (Å²) in [6.45, 7) is 6.16. The predicted octanol–water partition coefficient (Wildman–Crippen LogP) is 4.74. The standard InChI is InChI=1S/C17H21ClN2/c1-11-7-12(2)9-15(8-11)20(4)17-6-5-14(13(3)19)10-16(17)18/h5-10,13H,19H2,1-4H3/t13-/m1/s1. The maximum Gasteiger partial charge on any atom is 0.0646 e. The first-order valence-electron chi connectivity index (χ1n) is 6.75. The van der Waals surface area contributed by atoms with Crippen LogP contribution in [0.1, 0.15) is 29.7 Å². The normalized spacial score (nSPS) is 12.3. The van der Waals surface area contributed by atoms with E-state index in [-0.39, 0.29) is 6.04 Å². The summed E-state index contributed by atoms with van der Waals surface area (Å²) in [4.78, 5) is 2.10. The number of hydrogen-bond donors (Lipinski definition) is 1. The number of anilines is 2. The molecule has 0 bridgehead atoms. The van der Waals surface area contributed by atoms with Gasteiger partial charge in [-0.05, 0) is 61.7 Å². The second-order valence-corrected chi connectivity index (χ2v) is 5.81. The zero-order valence-corrected chi connectivity index (χ0v) is 13.2. The number of nitrogens with two attached hydrogens (primary N) is 1. The van der Waals surface area contributed by atoms with Gasteiger partial charge in [0.1, 0.15) is 0 Å². The van der Waals surface area contributed by atoms with Crippen molar-refractivity contribution in [2.24, 2.45) is 5.73 Å². The zero-order chi connectivity index (χ0) is 14.9. The number of hydrogen-bond acceptors (Lipinski definition) is 2. The first-order valence-corrected chi connectivity index (χ1v) is 7.13. The summed E-state index contributed by atoms with van der Waals surface area (Å²) >= 11 is 6.40. The molecule has 0 aliphatic rings. The topological polar surface area (TPSA) is 29.3 Å². The minimum Gasteiger partial charge on any atom is -0.343 e. The van der Waals surface area contributed by atoms with Gasteiger partial charge in [-0.2, -0.15) is 0 Å². The fourth-order valence-electron chi connectivity index (χ4n) is 2.36. The van der Waals surface area contributed by atoms with E-state index in [4.69, 9.17) is 17.3 Å². The van der Waals surface area contributed by atoms with E-state index in [1.54, 1.807) is 0 Å². The van der Waals surface area contributed by atoms with E-state index in [0.29, 0.717) is 0 Å². The molecule has 0 aliphatic carbocycles. The number of benzene rings is 2. The molecule has 1 atom stereocenters. The van der Waals surface area contributed by atoms with Crippen molar-refractivity contribution >= 4 is 23.0 Å². The van der Waals surface area contributed by atoms with Crippen LogP contribution in [0.4, 0.5) is 11.4 Å². The quantitative estimate of drug-likeness (QED) is 0.883. The highest BCUT2D eigenvalue weighted by atomic mass is 35.5. The molecule has 0 spiro atoms. The summed E-state index contributed by atoms with van der Waals surface area (Å²) in [7, 11) is 2.03. The lowest BCUT2D eigenvalue weighted by Crippen LogP contribution is -2.11. The number of nitrogens with zero attached hydrogens (tertiary/aromatic N) is 1. The fraction of sp³-hybridized carbons (Fsp3) is 0.294. The van der Waals surface area contributed by atoms with Crippen molar-refractivity contribution in [1.82, 2.24) is 0 Å². The monoisotopic (exact) mass is 288 g/mol. The Bertz CT molecular complexity index is 600. The van der Waals surface area contributed by atoms with Crippen LogP contribution in [0.2, 0.25) is 5.02 Å². The average Bonchev–Trinajstić information content (AvgIpc) is 2.36. The van der Waals surface area contributed by atoms with E-state index in [1.165, 1.54) is 11.1 Å². The number of rotatable bonds is 3. The van der Waals surface area contributed by atoms with E-state index in [1.807, 2.05) is 32.2 Å². The van der Waals surface area contributed by atoms with Gasteiger partial charge in [0.25, 0.3) is 0 Å². The van der Waals surface area contributed by atoms with Crippen LogP contribution in [0.3, 0.4) is 0 Å². The summed E-state index contributed by atoms with van der Waals surface area (Å²) in [5.74, 6) is 0. The highest BCUT2D eigenvalue weighted by Gasteiger charge is 2.11. The maximum absolute atomic E-state index is 6.40. The molecule has 20 heavy (non-hydrogen) atoms. The minimum atomic E-state index is -0.00642. The van der Waals surface area contributed by atoms with Gasteiger partial charge in [0, 0.05) is 18.8 Å². The molecule has 0 amide bonds. The van der Waals surface area contributed by atoms with Crippen molar-refractivity contribution in [3.05, 3.63) is 58.1 Å². The lowest BCUT2D eigenvalue weighted by molar-refractivity contribution is 0.818. The molecular formula is C17H21ClN2. The Morgan fingerprint density at radius 3 is 2.15 bits per heavy atom. The van der Waals surface area contributed by atoms with Gasteiger partial charge in [-0.1, -0.05) is 23.7 Å². The Labute approximate surface area is 126 Å². The SMILES string of the molecule is Cc1cc(C)cc(N(C)c2ccc([C@@H](C)N)cc2Cl)c1. The zero-order valence-electron chi connectivity index (χ0n) is 12.4. The fourth-order valence-corrected chi connectivity index (χ4v) is 2.68. The van der Waals surface area contributed by atoms with Gasteiger partial charge in [-0.3, -0.25) is 0 Å². The van der Waals surface area contributed by atoms with Gasteiger partial charge in [0.15, 0.2) is 0 Å². The van der Waals surface area contributed by atoms with E-state index in [0.717, 1.165) is 22.0 Å². The van der Waals surface area contributed by atoms with Crippen molar-refractivity contribution in [2.75, 3.05) is 11.9 Å². The Balaban J connectivity index is 2.40. The number of aryl methyl sites for hydroxylation is 2. The molecule has 2 aromatic carbocycles. The Morgan fingerprint density at radius 2 is 1.65 bits per heavy atom. The van der Waals surface area contributed by atoms with Gasteiger partial charge in [-0.15, -0.1) is 0 Å². The summed E-state index contributed by atoms with van der Waals surface area (Å²) < 4.78 is 0.